The molecule has 0 aromatic carbocycles. The van der Waals surface area contributed by atoms with Crippen molar-refractivity contribution in [1.29, 1.82) is 0 Å². The summed E-state index contributed by atoms with van der Waals surface area (Å²) in [6.45, 7) is 10.2. The van der Waals surface area contributed by atoms with Crippen molar-refractivity contribution < 1.29 is 14.3 Å². The van der Waals surface area contributed by atoms with Gasteiger partial charge < -0.3 is 15.0 Å². The van der Waals surface area contributed by atoms with Crippen LogP contribution < -0.4 is 10.6 Å². The summed E-state index contributed by atoms with van der Waals surface area (Å²) in [7, 11) is 0. The average Bonchev–Trinajstić information content (AvgIpc) is 2.78. The second kappa shape index (κ2) is 6.47. The zero-order valence-corrected chi connectivity index (χ0v) is 14.3. The van der Waals surface area contributed by atoms with Gasteiger partial charge in [0.2, 0.25) is 0 Å². The second-order valence-corrected chi connectivity index (χ2v) is 6.93. The fourth-order valence-corrected chi connectivity index (χ4v) is 2.31. The number of H-pyrrole nitrogens is 1. The van der Waals surface area contributed by atoms with Crippen LogP contribution in [0.5, 0.6) is 0 Å². The van der Waals surface area contributed by atoms with Gasteiger partial charge in [0.05, 0.1) is 12.2 Å². The summed E-state index contributed by atoms with van der Waals surface area (Å²) in [6.07, 6.45) is 0.271. The summed E-state index contributed by atoms with van der Waals surface area (Å²) in [6, 6.07) is -0.240. The molecule has 0 fully saturated rings. The van der Waals surface area contributed by atoms with Crippen LogP contribution in [0.4, 0.5) is 15.4 Å². The predicted molar refractivity (Wildman–Crippen MR) is 86.2 cm³/mol. The Bertz CT molecular complexity index is 588. The normalized spacial score (nSPS) is 14.4. The summed E-state index contributed by atoms with van der Waals surface area (Å²) in [5, 5.41) is 12.5. The van der Waals surface area contributed by atoms with Crippen LogP contribution in [0.2, 0.25) is 0 Å². The molecule has 23 heavy (non-hydrogen) atoms. The molecule has 2 rings (SSSR count). The zero-order chi connectivity index (χ0) is 17.2. The van der Waals surface area contributed by atoms with E-state index in [0.717, 1.165) is 11.3 Å². The first kappa shape index (κ1) is 17.1. The molecule has 0 unspecified atom stereocenters. The van der Waals surface area contributed by atoms with E-state index in [4.69, 9.17) is 4.74 Å². The number of carbonyl (C=O) groups excluding carboxylic acids is 2. The third-order valence-electron chi connectivity index (χ3n) is 3.24. The number of ether oxygens (including phenoxy) is 1. The van der Waals surface area contributed by atoms with Crippen LogP contribution in [0, 0.1) is 0 Å². The minimum absolute atomic E-state index is 0.0485. The maximum atomic E-state index is 12.1. The van der Waals surface area contributed by atoms with Crippen molar-refractivity contribution in [3.63, 3.8) is 0 Å². The van der Waals surface area contributed by atoms with Crippen molar-refractivity contribution in [2.75, 3.05) is 11.9 Å². The molecule has 8 nitrogen and oxygen atoms in total. The third kappa shape index (κ3) is 4.61. The number of aromatic nitrogens is 2. The van der Waals surface area contributed by atoms with Gasteiger partial charge in [-0.2, -0.15) is 5.10 Å². The second-order valence-electron chi connectivity index (χ2n) is 6.93. The number of hydrogen-bond acceptors (Lipinski definition) is 4. The predicted octanol–water partition coefficient (Wildman–Crippen LogP) is 2.23. The zero-order valence-electron chi connectivity index (χ0n) is 14.3. The Morgan fingerprint density at radius 2 is 2.04 bits per heavy atom. The van der Waals surface area contributed by atoms with E-state index >= 15 is 0 Å². The molecule has 0 aliphatic carbocycles. The van der Waals surface area contributed by atoms with E-state index in [-0.39, 0.29) is 18.2 Å². The van der Waals surface area contributed by atoms with E-state index in [1.54, 1.807) is 4.90 Å². The van der Waals surface area contributed by atoms with Gasteiger partial charge in [-0.05, 0) is 41.0 Å². The number of carbonyl (C=O) groups is 2. The highest BCUT2D eigenvalue weighted by Gasteiger charge is 2.28. The van der Waals surface area contributed by atoms with Crippen LogP contribution >= 0.6 is 0 Å². The number of fused-ring (bicyclic) bond motifs is 1. The largest absolute Gasteiger partial charge is 0.444 e. The maximum absolute atomic E-state index is 12.1. The van der Waals surface area contributed by atoms with Crippen LogP contribution in [0.3, 0.4) is 0 Å². The third-order valence-corrected chi connectivity index (χ3v) is 3.24. The highest BCUT2D eigenvalue weighted by Crippen LogP contribution is 2.24. The van der Waals surface area contributed by atoms with Gasteiger partial charge in [-0.1, -0.05) is 0 Å². The van der Waals surface area contributed by atoms with Crippen molar-refractivity contribution >= 4 is 17.9 Å². The lowest BCUT2D eigenvalue weighted by molar-refractivity contribution is 0.0221. The molecule has 1 aromatic rings. The van der Waals surface area contributed by atoms with Crippen LogP contribution in [-0.2, 0) is 17.7 Å². The Morgan fingerprint density at radius 1 is 1.35 bits per heavy atom. The first-order valence-electron chi connectivity index (χ1n) is 7.77. The highest BCUT2D eigenvalue weighted by atomic mass is 16.6. The summed E-state index contributed by atoms with van der Waals surface area (Å²) < 4.78 is 5.38. The molecule has 8 heteroatoms. The Labute approximate surface area is 135 Å². The number of urea groups is 1. The van der Waals surface area contributed by atoms with Gasteiger partial charge in [0, 0.05) is 18.2 Å². The summed E-state index contributed by atoms with van der Waals surface area (Å²) >= 11 is 0. The molecule has 0 spiro atoms. The molecule has 0 atom stereocenters. The molecule has 0 radical (unpaired) electrons. The Balaban J connectivity index is 2.01. The minimum Gasteiger partial charge on any atom is -0.444 e. The SMILES string of the molecule is CC(C)NC(=O)Nc1n[nH]c2c1CCN(C(=O)OC(C)(C)C)C2. The Kier molecular flexibility index (Phi) is 4.82. The van der Waals surface area contributed by atoms with E-state index in [0.29, 0.717) is 25.3 Å². The molecule has 3 amide bonds. The van der Waals surface area contributed by atoms with Gasteiger partial charge >= 0.3 is 12.1 Å². The van der Waals surface area contributed by atoms with Crippen LogP contribution in [0.25, 0.3) is 0 Å². The lowest BCUT2D eigenvalue weighted by Gasteiger charge is -2.29. The fraction of sp³-hybridized carbons (Fsp3) is 0.667. The van der Waals surface area contributed by atoms with Gasteiger partial charge in [0.25, 0.3) is 0 Å². The molecule has 128 valence electrons. The van der Waals surface area contributed by atoms with Crippen molar-refractivity contribution in [3.05, 3.63) is 11.3 Å². The molecule has 1 aliphatic rings. The van der Waals surface area contributed by atoms with Crippen LogP contribution in [-0.4, -0.2) is 45.4 Å². The van der Waals surface area contributed by atoms with Crippen molar-refractivity contribution in [2.45, 2.75) is 59.2 Å². The van der Waals surface area contributed by atoms with Gasteiger partial charge in [0.15, 0.2) is 5.82 Å². The summed E-state index contributed by atoms with van der Waals surface area (Å²) in [5.74, 6) is 0.516. The van der Waals surface area contributed by atoms with E-state index in [1.165, 1.54) is 0 Å². The number of hydrogen-bond donors (Lipinski definition) is 3. The van der Waals surface area contributed by atoms with E-state index in [2.05, 4.69) is 20.8 Å². The minimum atomic E-state index is -0.521. The standard InChI is InChI=1S/C15H25N5O3/c1-9(2)16-13(21)17-12-10-6-7-20(8-11(10)18-19-12)14(22)23-15(3,4)5/h9H,6-8H2,1-5H3,(H3,16,17,18,19,21). The van der Waals surface area contributed by atoms with Crippen molar-refractivity contribution in [3.8, 4) is 0 Å². The van der Waals surface area contributed by atoms with Crippen LogP contribution in [0.1, 0.15) is 45.9 Å². The first-order chi connectivity index (χ1) is 10.7. The molecule has 1 aromatic heterocycles. The average molecular weight is 323 g/mol. The lowest BCUT2D eigenvalue weighted by atomic mass is 10.1. The highest BCUT2D eigenvalue weighted by molar-refractivity contribution is 5.89. The number of anilines is 1. The summed E-state index contributed by atoms with van der Waals surface area (Å²) in [4.78, 5) is 25.5. The first-order valence-corrected chi connectivity index (χ1v) is 7.77. The van der Waals surface area contributed by atoms with Gasteiger partial charge in [-0.25, -0.2) is 9.59 Å². The molecule has 1 aliphatic heterocycles. The number of amides is 3. The Hall–Kier alpha value is -2.25. The quantitative estimate of drug-likeness (QED) is 0.777. The smallest absolute Gasteiger partial charge is 0.410 e. The number of nitrogens with zero attached hydrogens (tertiary/aromatic N) is 2. The molecule has 0 bridgehead atoms. The van der Waals surface area contributed by atoms with Crippen molar-refractivity contribution in [2.24, 2.45) is 0 Å². The van der Waals surface area contributed by atoms with Gasteiger partial charge in [0.1, 0.15) is 5.60 Å². The van der Waals surface area contributed by atoms with Crippen molar-refractivity contribution in [1.82, 2.24) is 20.4 Å². The monoisotopic (exact) mass is 323 g/mol. The Morgan fingerprint density at radius 3 is 2.65 bits per heavy atom. The lowest BCUT2D eigenvalue weighted by Crippen LogP contribution is -2.40. The fourth-order valence-electron chi connectivity index (χ4n) is 2.31. The topological polar surface area (TPSA) is 99.4 Å². The molecular formula is C15H25N5O3. The molecule has 0 saturated carbocycles. The number of aromatic amines is 1. The van der Waals surface area contributed by atoms with E-state index in [9.17, 15) is 9.59 Å². The van der Waals surface area contributed by atoms with E-state index < -0.39 is 5.60 Å². The maximum Gasteiger partial charge on any atom is 0.410 e. The van der Waals surface area contributed by atoms with Crippen LogP contribution in [0.15, 0.2) is 0 Å². The van der Waals surface area contributed by atoms with E-state index in [1.807, 2.05) is 34.6 Å². The van der Waals surface area contributed by atoms with Gasteiger partial charge in [-0.3, -0.25) is 10.4 Å². The summed E-state index contributed by atoms with van der Waals surface area (Å²) in [5.41, 5.74) is 1.23. The number of nitrogens with one attached hydrogen (secondary N) is 3. The molecular weight excluding hydrogens is 298 g/mol. The van der Waals surface area contributed by atoms with Gasteiger partial charge in [-0.15, -0.1) is 0 Å². The molecule has 0 saturated heterocycles. The molecule has 3 N–H and O–H groups in total. The molecule has 2 heterocycles. The number of rotatable bonds is 2.